The molecule has 2 aromatic heterocycles. The number of anilines is 1. The Morgan fingerprint density at radius 2 is 2.14 bits per heavy atom. The van der Waals surface area contributed by atoms with E-state index in [0.717, 1.165) is 24.2 Å². The molecule has 0 spiro atoms. The summed E-state index contributed by atoms with van der Waals surface area (Å²) in [4.78, 5) is 26.4. The van der Waals surface area contributed by atoms with E-state index in [-0.39, 0.29) is 0 Å². The molecule has 0 fully saturated rings. The average molecular weight is 304 g/mol. The van der Waals surface area contributed by atoms with Crippen molar-refractivity contribution in [3.8, 4) is 0 Å². The SMILES string of the molecule is CCCNc1ncc(CNC(Cc2cnc[nH]2)C(=O)O)cn1. The summed E-state index contributed by atoms with van der Waals surface area (Å²) in [6, 6.07) is -0.696. The second-order valence-electron chi connectivity index (χ2n) is 4.89. The highest BCUT2D eigenvalue weighted by Gasteiger charge is 2.18. The first-order chi connectivity index (χ1) is 10.7. The van der Waals surface area contributed by atoms with Gasteiger partial charge in [-0.25, -0.2) is 15.0 Å². The summed E-state index contributed by atoms with van der Waals surface area (Å²) in [7, 11) is 0. The molecule has 2 rings (SSSR count). The van der Waals surface area contributed by atoms with Gasteiger partial charge >= 0.3 is 5.97 Å². The zero-order valence-corrected chi connectivity index (χ0v) is 12.4. The van der Waals surface area contributed by atoms with E-state index in [0.29, 0.717) is 18.9 Å². The summed E-state index contributed by atoms with van der Waals surface area (Å²) in [5, 5.41) is 15.3. The number of H-pyrrole nitrogens is 1. The van der Waals surface area contributed by atoms with Crippen LogP contribution in [0.25, 0.3) is 0 Å². The van der Waals surface area contributed by atoms with Crippen molar-refractivity contribution in [1.29, 1.82) is 0 Å². The van der Waals surface area contributed by atoms with Crippen molar-refractivity contribution in [3.05, 3.63) is 36.2 Å². The summed E-state index contributed by atoms with van der Waals surface area (Å²) >= 11 is 0. The third-order valence-electron chi connectivity index (χ3n) is 3.07. The number of carboxylic acid groups (broad SMARTS) is 1. The molecule has 0 aliphatic carbocycles. The van der Waals surface area contributed by atoms with Gasteiger partial charge < -0.3 is 15.4 Å². The van der Waals surface area contributed by atoms with Gasteiger partial charge in [0.05, 0.1) is 6.33 Å². The van der Waals surface area contributed by atoms with Gasteiger partial charge in [0.15, 0.2) is 0 Å². The number of rotatable bonds is 9. The third kappa shape index (κ3) is 4.81. The van der Waals surface area contributed by atoms with Crippen LogP contribution in [-0.4, -0.2) is 43.6 Å². The lowest BCUT2D eigenvalue weighted by Gasteiger charge is -2.13. The van der Waals surface area contributed by atoms with Gasteiger partial charge in [-0.1, -0.05) is 6.92 Å². The Morgan fingerprint density at radius 3 is 2.73 bits per heavy atom. The van der Waals surface area contributed by atoms with Crippen molar-refractivity contribution in [2.45, 2.75) is 32.4 Å². The standard InChI is InChI=1S/C14H20N6O2/c1-2-3-16-14-18-6-10(7-19-14)5-17-12(13(21)22)4-11-8-15-9-20-11/h6-9,12,17H,2-5H2,1H3,(H,15,20)(H,21,22)(H,16,18,19). The molecule has 2 heterocycles. The van der Waals surface area contributed by atoms with Crippen LogP contribution in [0.3, 0.4) is 0 Å². The second-order valence-corrected chi connectivity index (χ2v) is 4.89. The van der Waals surface area contributed by atoms with Crippen molar-refractivity contribution in [2.24, 2.45) is 0 Å². The first-order valence-corrected chi connectivity index (χ1v) is 7.17. The molecule has 0 radical (unpaired) electrons. The van der Waals surface area contributed by atoms with Gasteiger partial charge in [0.25, 0.3) is 0 Å². The predicted molar refractivity (Wildman–Crippen MR) is 81.4 cm³/mol. The fourth-order valence-electron chi connectivity index (χ4n) is 1.88. The fourth-order valence-corrected chi connectivity index (χ4v) is 1.88. The monoisotopic (exact) mass is 304 g/mol. The van der Waals surface area contributed by atoms with E-state index in [1.807, 2.05) is 0 Å². The smallest absolute Gasteiger partial charge is 0.321 e. The molecular weight excluding hydrogens is 284 g/mol. The maximum Gasteiger partial charge on any atom is 0.321 e. The molecule has 1 unspecified atom stereocenters. The molecule has 8 heteroatoms. The molecule has 22 heavy (non-hydrogen) atoms. The van der Waals surface area contributed by atoms with E-state index in [2.05, 4.69) is 37.5 Å². The number of hydrogen-bond acceptors (Lipinski definition) is 6. The third-order valence-corrected chi connectivity index (χ3v) is 3.07. The molecule has 0 bridgehead atoms. The zero-order valence-electron chi connectivity index (χ0n) is 12.4. The van der Waals surface area contributed by atoms with Gasteiger partial charge in [0.2, 0.25) is 5.95 Å². The Balaban J connectivity index is 1.87. The van der Waals surface area contributed by atoms with E-state index in [1.54, 1.807) is 18.6 Å². The minimum absolute atomic E-state index is 0.340. The molecule has 118 valence electrons. The number of aromatic nitrogens is 4. The van der Waals surface area contributed by atoms with E-state index in [1.165, 1.54) is 6.33 Å². The van der Waals surface area contributed by atoms with Gasteiger partial charge in [-0.2, -0.15) is 0 Å². The van der Waals surface area contributed by atoms with E-state index in [9.17, 15) is 9.90 Å². The van der Waals surface area contributed by atoms with Crippen molar-refractivity contribution in [2.75, 3.05) is 11.9 Å². The highest BCUT2D eigenvalue weighted by molar-refractivity contribution is 5.73. The van der Waals surface area contributed by atoms with Crippen LogP contribution in [0.1, 0.15) is 24.6 Å². The number of carboxylic acids is 1. The lowest BCUT2D eigenvalue weighted by molar-refractivity contribution is -0.139. The minimum Gasteiger partial charge on any atom is -0.480 e. The average Bonchev–Trinajstić information content (AvgIpc) is 3.03. The quantitative estimate of drug-likeness (QED) is 0.541. The van der Waals surface area contributed by atoms with Gasteiger partial charge in [-0.05, 0) is 6.42 Å². The summed E-state index contributed by atoms with van der Waals surface area (Å²) in [6.45, 7) is 3.28. The Kier molecular flexibility index (Phi) is 5.84. The number of nitrogens with zero attached hydrogens (tertiary/aromatic N) is 3. The zero-order chi connectivity index (χ0) is 15.8. The lowest BCUT2D eigenvalue weighted by Crippen LogP contribution is -2.38. The van der Waals surface area contributed by atoms with Crippen molar-refractivity contribution in [1.82, 2.24) is 25.3 Å². The topological polar surface area (TPSA) is 116 Å². The lowest BCUT2D eigenvalue weighted by atomic mass is 10.1. The summed E-state index contributed by atoms with van der Waals surface area (Å²) < 4.78 is 0. The minimum atomic E-state index is -0.906. The fraction of sp³-hybridized carbons (Fsp3) is 0.429. The summed E-state index contributed by atoms with van der Waals surface area (Å²) in [5.41, 5.74) is 1.60. The van der Waals surface area contributed by atoms with Crippen LogP contribution in [0.2, 0.25) is 0 Å². The molecule has 0 aliphatic heterocycles. The van der Waals surface area contributed by atoms with Crippen LogP contribution in [-0.2, 0) is 17.8 Å². The number of aliphatic carboxylic acids is 1. The van der Waals surface area contributed by atoms with Crippen LogP contribution in [0.15, 0.2) is 24.9 Å². The number of carbonyl (C=O) groups is 1. The molecule has 8 nitrogen and oxygen atoms in total. The molecule has 0 amide bonds. The van der Waals surface area contributed by atoms with Crippen LogP contribution >= 0.6 is 0 Å². The second kappa shape index (κ2) is 8.08. The van der Waals surface area contributed by atoms with Crippen molar-refractivity contribution >= 4 is 11.9 Å². The Hall–Kier alpha value is -2.48. The molecular formula is C14H20N6O2. The van der Waals surface area contributed by atoms with Gasteiger partial charge in [0.1, 0.15) is 6.04 Å². The number of aromatic amines is 1. The van der Waals surface area contributed by atoms with Gasteiger partial charge in [-0.3, -0.25) is 10.1 Å². The molecule has 0 aromatic carbocycles. The van der Waals surface area contributed by atoms with Crippen LogP contribution in [0.5, 0.6) is 0 Å². The molecule has 0 saturated heterocycles. The molecule has 2 aromatic rings. The number of hydrogen-bond donors (Lipinski definition) is 4. The molecule has 0 aliphatic rings. The summed E-state index contributed by atoms with van der Waals surface area (Å²) in [5.74, 6) is -0.324. The van der Waals surface area contributed by atoms with Crippen molar-refractivity contribution < 1.29 is 9.90 Å². The van der Waals surface area contributed by atoms with Crippen LogP contribution in [0.4, 0.5) is 5.95 Å². The normalized spacial score (nSPS) is 12.0. The number of imidazole rings is 1. The highest BCUT2D eigenvalue weighted by Crippen LogP contribution is 2.03. The van der Waals surface area contributed by atoms with Crippen LogP contribution < -0.4 is 10.6 Å². The maximum atomic E-state index is 11.3. The maximum absolute atomic E-state index is 11.3. The number of nitrogens with one attached hydrogen (secondary N) is 3. The van der Waals surface area contributed by atoms with E-state index in [4.69, 9.17) is 0 Å². The first-order valence-electron chi connectivity index (χ1n) is 7.17. The molecule has 4 N–H and O–H groups in total. The van der Waals surface area contributed by atoms with Gasteiger partial charge in [-0.15, -0.1) is 0 Å². The molecule has 0 saturated carbocycles. The van der Waals surface area contributed by atoms with E-state index >= 15 is 0 Å². The van der Waals surface area contributed by atoms with Crippen LogP contribution in [0, 0.1) is 0 Å². The largest absolute Gasteiger partial charge is 0.480 e. The van der Waals surface area contributed by atoms with Crippen molar-refractivity contribution in [3.63, 3.8) is 0 Å². The van der Waals surface area contributed by atoms with E-state index < -0.39 is 12.0 Å². The predicted octanol–water partition coefficient (Wildman–Crippen LogP) is 0.807. The first kappa shape index (κ1) is 15.9. The Labute approximate surface area is 128 Å². The molecule has 1 atom stereocenters. The summed E-state index contributed by atoms with van der Waals surface area (Å²) in [6.07, 6.45) is 7.87. The Morgan fingerprint density at radius 1 is 1.36 bits per heavy atom. The van der Waals surface area contributed by atoms with Gasteiger partial charge in [0, 0.05) is 49.4 Å². The highest BCUT2D eigenvalue weighted by atomic mass is 16.4. The Bertz CT molecular complexity index is 570.